The number of Topliss-reactive ketones (excluding diaryl/α,β-unsaturated/α-hetero) is 1. The van der Waals surface area contributed by atoms with Crippen molar-refractivity contribution in [1.29, 1.82) is 0 Å². The van der Waals surface area contributed by atoms with E-state index in [-0.39, 0.29) is 12.5 Å². The molecule has 0 bridgehead atoms. The second-order valence-electron chi connectivity index (χ2n) is 4.58. The van der Waals surface area contributed by atoms with Gasteiger partial charge in [0.1, 0.15) is 12.2 Å². The zero-order valence-electron chi connectivity index (χ0n) is 10.1. The molecule has 0 aromatic heterocycles. The lowest BCUT2D eigenvalue weighted by atomic mass is 10.0. The first-order valence-corrected chi connectivity index (χ1v) is 6.10. The molecule has 1 rings (SSSR count). The predicted octanol–water partition coefficient (Wildman–Crippen LogP) is 0.563. The van der Waals surface area contributed by atoms with Crippen LogP contribution in [0.2, 0.25) is 0 Å². The number of cyclic esters (lactones) is 1. The van der Waals surface area contributed by atoms with E-state index in [0.29, 0.717) is 6.42 Å². The standard InChI is InChI=1S/C12H20O5/c1-8-5-3-2-4-6-9(13)12(16)10(14)7-11(15)17-8/h8-10,13-14H,2-7H2,1H3/t8?,9-,10+/m0/s1. The molecule has 0 aliphatic carbocycles. The average Bonchev–Trinajstić information content (AvgIpc) is 2.25. The van der Waals surface area contributed by atoms with Crippen molar-refractivity contribution >= 4 is 11.8 Å². The van der Waals surface area contributed by atoms with E-state index < -0.39 is 24.0 Å². The lowest BCUT2D eigenvalue weighted by Gasteiger charge is -2.18. The highest BCUT2D eigenvalue weighted by molar-refractivity contribution is 5.90. The summed E-state index contributed by atoms with van der Waals surface area (Å²) in [6.45, 7) is 1.80. The molecule has 1 saturated heterocycles. The van der Waals surface area contributed by atoms with Crippen LogP contribution in [-0.4, -0.2) is 40.3 Å². The first-order valence-electron chi connectivity index (χ1n) is 6.10. The maximum Gasteiger partial charge on any atom is 0.309 e. The van der Waals surface area contributed by atoms with Crippen molar-refractivity contribution in [3.63, 3.8) is 0 Å². The summed E-state index contributed by atoms with van der Waals surface area (Å²) >= 11 is 0. The molecule has 0 aromatic carbocycles. The highest BCUT2D eigenvalue weighted by Gasteiger charge is 2.26. The molecule has 1 aliphatic rings. The molecular weight excluding hydrogens is 224 g/mol. The van der Waals surface area contributed by atoms with Crippen LogP contribution in [0.5, 0.6) is 0 Å². The maximum absolute atomic E-state index is 11.5. The third kappa shape index (κ3) is 4.83. The predicted molar refractivity (Wildman–Crippen MR) is 60.3 cm³/mol. The zero-order valence-corrected chi connectivity index (χ0v) is 10.1. The van der Waals surface area contributed by atoms with Crippen molar-refractivity contribution in [2.75, 3.05) is 0 Å². The Morgan fingerprint density at radius 3 is 2.41 bits per heavy atom. The molecule has 2 N–H and O–H groups in total. The molecule has 1 heterocycles. The normalized spacial score (nSPS) is 33.5. The van der Waals surface area contributed by atoms with Crippen molar-refractivity contribution in [1.82, 2.24) is 0 Å². The first kappa shape index (κ1) is 14.1. The van der Waals surface area contributed by atoms with E-state index in [1.807, 2.05) is 0 Å². The molecule has 0 aromatic rings. The van der Waals surface area contributed by atoms with Crippen molar-refractivity contribution in [2.24, 2.45) is 0 Å². The van der Waals surface area contributed by atoms with E-state index in [1.54, 1.807) is 6.92 Å². The van der Waals surface area contributed by atoms with Crippen LogP contribution in [0.4, 0.5) is 0 Å². The van der Waals surface area contributed by atoms with Gasteiger partial charge in [-0.2, -0.15) is 0 Å². The van der Waals surface area contributed by atoms with Gasteiger partial charge in [0.25, 0.3) is 0 Å². The van der Waals surface area contributed by atoms with Gasteiger partial charge in [0.05, 0.1) is 12.5 Å². The van der Waals surface area contributed by atoms with Crippen LogP contribution in [0.3, 0.4) is 0 Å². The number of ketones is 1. The van der Waals surface area contributed by atoms with Crippen LogP contribution in [0.25, 0.3) is 0 Å². The number of carbonyl (C=O) groups is 2. The quantitative estimate of drug-likeness (QED) is 0.608. The average molecular weight is 244 g/mol. The topological polar surface area (TPSA) is 83.8 Å². The number of hydrogen-bond acceptors (Lipinski definition) is 5. The third-order valence-electron chi connectivity index (χ3n) is 2.94. The minimum absolute atomic E-state index is 0.186. The van der Waals surface area contributed by atoms with Crippen LogP contribution >= 0.6 is 0 Å². The molecule has 5 heteroatoms. The van der Waals surface area contributed by atoms with Crippen molar-refractivity contribution in [3.8, 4) is 0 Å². The smallest absolute Gasteiger partial charge is 0.309 e. The van der Waals surface area contributed by atoms with E-state index >= 15 is 0 Å². The SMILES string of the molecule is CC1CCCCC[C@H](O)C(=O)[C@H](O)CC(=O)O1. The molecule has 3 atom stereocenters. The summed E-state index contributed by atoms with van der Waals surface area (Å²) in [5.41, 5.74) is 0. The summed E-state index contributed by atoms with van der Waals surface area (Å²) in [6.07, 6.45) is 0.444. The minimum atomic E-state index is -1.45. The number of esters is 1. The van der Waals surface area contributed by atoms with Crippen LogP contribution in [0.1, 0.15) is 45.4 Å². The van der Waals surface area contributed by atoms with Gasteiger partial charge in [0.15, 0.2) is 5.78 Å². The number of aliphatic hydroxyl groups excluding tert-OH is 2. The second kappa shape index (κ2) is 6.71. The number of carbonyl (C=O) groups excluding carboxylic acids is 2. The lowest BCUT2D eigenvalue weighted by Crippen LogP contribution is -2.35. The first-order chi connectivity index (χ1) is 8.00. The van der Waals surface area contributed by atoms with Crippen LogP contribution in [-0.2, 0) is 14.3 Å². The fraction of sp³-hybridized carbons (Fsp3) is 0.833. The van der Waals surface area contributed by atoms with Gasteiger partial charge in [0.2, 0.25) is 0 Å². The van der Waals surface area contributed by atoms with E-state index in [4.69, 9.17) is 4.74 Å². The molecule has 1 fully saturated rings. The Labute approximate surface area is 101 Å². The van der Waals surface area contributed by atoms with E-state index in [2.05, 4.69) is 0 Å². The highest BCUT2D eigenvalue weighted by atomic mass is 16.5. The molecule has 0 amide bonds. The molecule has 0 radical (unpaired) electrons. The Kier molecular flexibility index (Phi) is 5.58. The van der Waals surface area contributed by atoms with Crippen LogP contribution < -0.4 is 0 Å². The molecule has 98 valence electrons. The largest absolute Gasteiger partial charge is 0.463 e. The molecule has 1 aliphatic heterocycles. The van der Waals surface area contributed by atoms with Gasteiger partial charge in [-0.1, -0.05) is 12.8 Å². The summed E-state index contributed by atoms with van der Waals surface area (Å²) in [5, 5.41) is 19.0. The van der Waals surface area contributed by atoms with Crippen molar-refractivity contribution < 1.29 is 24.5 Å². The number of hydrogen-bond donors (Lipinski definition) is 2. The fourth-order valence-corrected chi connectivity index (χ4v) is 1.90. The Balaban J connectivity index is 2.61. The summed E-state index contributed by atoms with van der Waals surface area (Å²) in [6, 6.07) is 0. The number of ether oxygens (including phenoxy) is 1. The second-order valence-corrected chi connectivity index (χ2v) is 4.58. The van der Waals surface area contributed by atoms with Gasteiger partial charge in [-0.05, 0) is 26.2 Å². The molecule has 1 unspecified atom stereocenters. The molecule has 5 nitrogen and oxygen atoms in total. The maximum atomic E-state index is 11.5. The Hall–Kier alpha value is -0.940. The molecule has 17 heavy (non-hydrogen) atoms. The van der Waals surface area contributed by atoms with Gasteiger partial charge < -0.3 is 14.9 Å². The van der Waals surface area contributed by atoms with E-state index in [0.717, 1.165) is 25.7 Å². The van der Waals surface area contributed by atoms with Gasteiger partial charge in [0, 0.05) is 0 Å². The highest BCUT2D eigenvalue weighted by Crippen LogP contribution is 2.14. The fourth-order valence-electron chi connectivity index (χ4n) is 1.90. The summed E-state index contributed by atoms with van der Waals surface area (Å²) in [7, 11) is 0. The minimum Gasteiger partial charge on any atom is -0.463 e. The molecule has 0 spiro atoms. The van der Waals surface area contributed by atoms with Gasteiger partial charge in [-0.25, -0.2) is 0 Å². The van der Waals surface area contributed by atoms with E-state index in [1.165, 1.54) is 0 Å². The summed E-state index contributed by atoms with van der Waals surface area (Å²) < 4.78 is 5.04. The summed E-state index contributed by atoms with van der Waals surface area (Å²) in [5.74, 6) is -1.28. The Morgan fingerprint density at radius 1 is 1.06 bits per heavy atom. The summed E-state index contributed by atoms with van der Waals surface area (Å²) in [4.78, 5) is 22.8. The monoisotopic (exact) mass is 244 g/mol. The Bertz CT molecular complexity index is 276. The Morgan fingerprint density at radius 2 is 1.71 bits per heavy atom. The van der Waals surface area contributed by atoms with E-state index in [9.17, 15) is 19.8 Å². The van der Waals surface area contributed by atoms with Crippen molar-refractivity contribution in [3.05, 3.63) is 0 Å². The van der Waals surface area contributed by atoms with Crippen LogP contribution in [0, 0.1) is 0 Å². The zero-order chi connectivity index (χ0) is 12.8. The number of aliphatic hydroxyl groups is 2. The van der Waals surface area contributed by atoms with Gasteiger partial charge >= 0.3 is 5.97 Å². The lowest BCUT2D eigenvalue weighted by molar-refractivity contribution is -0.154. The van der Waals surface area contributed by atoms with Crippen molar-refractivity contribution in [2.45, 2.75) is 63.8 Å². The number of rotatable bonds is 0. The molecule has 0 saturated carbocycles. The third-order valence-corrected chi connectivity index (χ3v) is 2.94. The van der Waals surface area contributed by atoms with Gasteiger partial charge in [-0.3, -0.25) is 9.59 Å². The van der Waals surface area contributed by atoms with Gasteiger partial charge in [-0.15, -0.1) is 0 Å². The molecular formula is C12H20O5. The van der Waals surface area contributed by atoms with Crippen LogP contribution in [0.15, 0.2) is 0 Å².